The van der Waals surface area contributed by atoms with Crippen molar-refractivity contribution >= 4 is 50.4 Å². The Balaban J connectivity index is 1.27. The topological polar surface area (TPSA) is 22.2 Å². The van der Waals surface area contributed by atoms with E-state index in [1.54, 1.807) is 0 Å². The maximum Gasteiger partial charge on any atom is 0.137 e. The molecule has 3 nitrogen and oxygen atoms in total. The minimum atomic E-state index is -0.0536. The van der Waals surface area contributed by atoms with Crippen molar-refractivity contribution in [2.75, 3.05) is 0 Å². The minimum absolute atomic E-state index is 0.0536. The molecule has 0 N–H and O–H groups in total. The van der Waals surface area contributed by atoms with Crippen LogP contribution in [0.2, 0.25) is 0 Å². The molecule has 0 bridgehead atoms. The van der Waals surface area contributed by atoms with E-state index in [1.165, 1.54) is 59.8 Å². The lowest BCUT2D eigenvalue weighted by molar-refractivity contribution is 0.423. The van der Waals surface area contributed by atoms with E-state index in [2.05, 4.69) is 144 Å². The first-order chi connectivity index (χ1) is 22.1. The zero-order valence-electron chi connectivity index (χ0n) is 25.3. The summed E-state index contributed by atoms with van der Waals surface area (Å²) in [5, 5.41) is 7.86. The molecule has 214 valence electrons. The van der Waals surface area contributed by atoms with Gasteiger partial charge >= 0.3 is 0 Å². The first kappa shape index (κ1) is 25.0. The molecule has 0 aliphatic heterocycles. The van der Waals surface area contributed by atoms with Crippen molar-refractivity contribution in [3.63, 3.8) is 0 Å². The lowest BCUT2D eigenvalue weighted by Gasteiger charge is -2.30. The van der Waals surface area contributed by atoms with Gasteiger partial charge in [0.25, 0.3) is 0 Å². The first-order valence-corrected chi connectivity index (χ1v) is 15.9. The Hall–Kier alpha value is -5.41. The molecule has 2 aliphatic carbocycles. The fraction of sp³-hybridized carbons (Fsp3) is 0.119. The van der Waals surface area contributed by atoms with Crippen LogP contribution in [-0.4, -0.2) is 14.0 Å². The quantitative estimate of drug-likeness (QED) is 0.202. The summed E-state index contributed by atoms with van der Waals surface area (Å²) < 4.78 is 4.64. The van der Waals surface area contributed by atoms with Crippen LogP contribution in [0.4, 0.5) is 0 Å². The third-order valence-corrected chi connectivity index (χ3v) is 10.6. The molecule has 2 atom stereocenters. The van der Waals surface area contributed by atoms with Gasteiger partial charge in [-0.15, -0.1) is 0 Å². The second kappa shape index (κ2) is 8.83. The molecular formula is C42H31N3. The van der Waals surface area contributed by atoms with E-state index in [9.17, 15) is 0 Å². The van der Waals surface area contributed by atoms with Crippen LogP contribution in [0.5, 0.6) is 0 Å². The van der Waals surface area contributed by atoms with E-state index in [4.69, 9.17) is 4.98 Å². The number of hydrogen-bond acceptors (Lipinski definition) is 1. The number of rotatable bonds is 2. The van der Waals surface area contributed by atoms with Crippen LogP contribution in [-0.2, 0) is 5.41 Å². The molecule has 3 heteroatoms. The lowest BCUT2D eigenvalue weighted by atomic mass is 9.73. The van der Waals surface area contributed by atoms with Gasteiger partial charge in [0.1, 0.15) is 5.65 Å². The molecule has 0 amide bonds. The Bertz CT molecular complexity index is 2600. The van der Waals surface area contributed by atoms with Gasteiger partial charge in [0.2, 0.25) is 0 Å². The predicted molar refractivity (Wildman–Crippen MR) is 186 cm³/mol. The molecule has 2 unspecified atom stereocenters. The van der Waals surface area contributed by atoms with Crippen molar-refractivity contribution < 1.29 is 0 Å². The summed E-state index contributed by atoms with van der Waals surface area (Å²) in [4.78, 5) is 4.89. The van der Waals surface area contributed by atoms with E-state index in [0.29, 0.717) is 11.8 Å². The standard InChI is InChI=1S/C42H31N3/c1-42(2)36-24-29-11-4-3-10-28(29)23-35(36)32-20-21-34-33-19-16-26-9-5-6-12-31(26)40(33)45(41(34)39(32)42)30-17-14-27(15-18-30)37-25-44-22-8-7-13-38(44)43-37/h3-25,35-36H,1-2H3. The average Bonchev–Trinajstić information content (AvgIpc) is 3.73. The predicted octanol–water partition coefficient (Wildman–Crippen LogP) is 8.52. The number of imidazole rings is 1. The van der Waals surface area contributed by atoms with Crippen molar-refractivity contribution in [3.8, 4) is 16.9 Å². The van der Waals surface area contributed by atoms with Crippen LogP contribution in [0.25, 0.3) is 67.3 Å². The van der Waals surface area contributed by atoms with Gasteiger partial charge in [-0.2, -0.15) is 0 Å². The van der Waals surface area contributed by atoms with Gasteiger partial charge in [-0.25, -0.2) is 4.98 Å². The summed E-state index contributed by atoms with van der Waals surface area (Å²) in [6.45, 7) is 4.92. The van der Waals surface area contributed by atoms with Gasteiger partial charge in [-0.3, -0.25) is 0 Å². The molecule has 0 spiro atoms. The van der Waals surface area contributed by atoms with E-state index in [0.717, 1.165) is 16.9 Å². The number of hydrogen-bond donors (Lipinski definition) is 0. The third kappa shape index (κ3) is 3.38. The molecule has 8 aromatic rings. The Kier molecular flexibility index (Phi) is 4.90. The molecule has 45 heavy (non-hydrogen) atoms. The second-order valence-corrected chi connectivity index (χ2v) is 13.3. The van der Waals surface area contributed by atoms with Crippen LogP contribution in [0.3, 0.4) is 0 Å². The number of fused-ring (bicyclic) bond motifs is 11. The molecule has 5 aromatic carbocycles. The Morgan fingerprint density at radius 1 is 0.644 bits per heavy atom. The fourth-order valence-electron chi connectivity index (χ4n) is 8.47. The van der Waals surface area contributed by atoms with E-state index in [1.807, 2.05) is 18.2 Å². The summed E-state index contributed by atoms with van der Waals surface area (Å²) in [5.74, 6) is 0.753. The average molecular weight is 578 g/mol. The number of pyridine rings is 1. The van der Waals surface area contributed by atoms with Gasteiger partial charge in [0, 0.05) is 45.7 Å². The van der Waals surface area contributed by atoms with Crippen molar-refractivity contribution in [3.05, 3.63) is 149 Å². The highest BCUT2D eigenvalue weighted by Crippen LogP contribution is 2.56. The van der Waals surface area contributed by atoms with Crippen molar-refractivity contribution in [1.29, 1.82) is 0 Å². The normalized spacial score (nSPS) is 18.1. The van der Waals surface area contributed by atoms with Gasteiger partial charge in [0.15, 0.2) is 0 Å². The van der Waals surface area contributed by atoms with Crippen LogP contribution in [0.1, 0.15) is 30.9 Å². The Morgan fingerprint density at radius 2 is 1.38 bits per heavy atom. The molecule has 0 saturated carbocycles. The van der Waals surface area contributed by atoms with E-state index < -0.39 is 0 Å². The third-order valence-electron chi connectivity index (χ3n) is 10.6. The minimum Gasteiger partial charge on any atom is -0.308 e. The van der Waals surface area contributed by atoms with Crippen molar-refractivity contribution in [2.45, 2.75) is 25.2 Å². The zero-order chi connectivity index (χ0) is 29.9. The van der Waals surface area contributed by atoms with Crippen LogP contribution >= 0.6 is 0 Å². The van der Waals surface area contributed by atoms with Crippen LogP contribution in [0.15, 0.2) is 128 Å². The molecular weight excluding hydrogens is 546 g/mol. The number of aromatic nitrogens is 3. The molecule has 10 rings (SSSR count). The number of benzene rings is 5. The molecule has 0 fully saturated rings. The van der Waals surface area contributed by atoms with Gasteiger partial charge in [0.05, 0.1) is 16.7 Å². The highest BCUT2D eigenvalue weighted by atomic mass is 15.0. The molecule has 0 radical (unpaired) electrons. The monoisotopic (exact) mass is 577 g/mol. The van der Waals surface area contributed by atoms with Gasteiger partial charge in [-0.05, 0) is 62.5 Å². The molecule has 3 aromatic heterocycles. The first-order valence-electron chi connectivity index (χ1n) is 15.9. The van der Waals surface area contributed by atoms with E-state index >= 15 is 0 Å². The summed E-state index contributed by atoms with van der Waals surface area (Å²) in [6.07, 6.45) is 9.22. The summed E-state index contributed by atoms with van der Waals surface area (Å²) in [6, 6.07) is 42.2. The van der Waals surface area contributed by atoms with E-state index in [-0.39, 0.29) is 5.41 Å². The van der Waals surface area contributed by atoms with Crippen LogP contribution < -0.4 is 10.4 Å². The zero-order valence-corrected chi connectivity index (χ0v) is 25.3. The summed E-state index contributed by atoms with van der Waals surface area (Å²) >= 11 is 0. The maximum absolute atomic E-state index is 4.89. The highest BCUT2D eigenvalue weighted by Gasteiger charge is 2.46. The summed E-state index contributed by atoms with van der Waals surface area (Å²) in [7, 11) is 0. The summed E-state index contributed by atoms with van der Waals surface area (Å²) in [5.41, 5.74) is 9.72. The molecule has 2 aliphatic rings. The van der Waals surface area contributed by atoms with Gasteiger partial charge in [-0.1, -0.05) is 117 Å². The largest absolute Gasteiger partial charge is 0.308 e. The highest BCUT2D eigenvalue weighted by molar-refractivity contribution is 6.19. The SMILES string of the molecule is CC1(C)c2c(ccc3c4ccc5ccccc5c4n(-c4ccc(-c5cn6ccccc6n5)cc4)c23)C2C=c3ccccc3=CC21. The second-order valence-electron chi connectivity index (χ2n) is 13.3. The molecule has 0 saturated heterocycles. The fourth-order valence-corrected chi connectivity index (χ4v) is 8.47. The van der Waals surface area contributed by atoms with Crippen molar-refractivity contribution in [1.82, 2.24) is 14.0 Å². The number of nitrogens with zero attached hydrogens (tertiary/aromatic N) is 3. The van der Waals surface area contributed by atoms with Crippen molar-refractivity contribution in [2.24, 2.45) is 5.92 Å². The van der Waals surface area contributed by atoms with Crippen LogP contribution in [0, 0.1) is 5.92 Å². The Morgan fingerprint density at radius 3 is 2.22 bits per heavy atom. The maximum atomic E-state index is 4.89. The smallest absolute Gasteiger partial charge is 0.137 e. The lowest BCUT2D eigenvalue weighted by Crippen LogP contribution is -2.35. The van der Waals surface area contributed by atoms with Gasteiger partial charge < -0.3 is 8.97 Å². The molecule has 3 heterocycles. The Labute approximate surface area is 261 Å².